The van der Waals surface area contributed by atoms with Crippen molar-refractivity contribution in [2.45, 2.75) is 50.6 Å². The molecule has 0 aromatic rings. The van der Waals surface area contributed by atoms with Crippen molar-refractivity contribution < 1.29 is 9.59 Å². The maximum absolute atomic E-state index is 12.0. The SMILES string of the molecule is O=C(NC1CCN(C(=O)C2CC2)CC1)[C@@H]1CCCN1. The smallest absolute Gasteiger partial charge is 0.237 e. The van der Waals surface area contributed by atoms with E-state index >= 15 is 0 Å². The third-order valence-corrected chi connectivity index (χ3v) is 4.46. The summed E-state index contributed by atoms with van der Waals surface area (Å²) in [5.41, 5.74) is 0. The molecule has 3 fully saturated rings. The predicted molar refractivity (Wildman–Crippen MR) is 71.5 cm³/mol. The number of hydrogen-bond donors (Lipinski definition) is 2. The zero-order valence-electron chi connectivity index (χ0n) is 11.4. The summed E-state index contributed by atoms with van der Waals surface area (Å²) in [4.78, 5) is 25.9. The molecule has 0 aromatic heterocycles. The van der Waals surface area contributed by atoms with Gasteiger partial charge in [-0.3, -0.25) is 9.59 Å². The van der Waals surface area contributed by atoms with E-state index < -0.39 is 0 Å². The van der Waals surface area contributed by atoms with Crippen LogP contribution in [0.15, 0.2) is 0 Å². The second kappa shape index (κ2) is 5.49. The van der Waals surface area contributed by atoms with Crippen LogP contribution < -0.4 is 10.6 Å². The fraction of sp³-hybridized carbons (Fsp3) is 0.857. The van der Waals surface area contributed by atoms with Crippen LogP contribution in [0.1, 0.15) is 38.5 Å². The molecular formula is C14H23N3O2. The predicted octanol–water partition coefficient (Wildman–Crippen LogP) is 0.256. The highest BCUT2D eigenvalue weighted by Crippen LogP contribution is 2.31. The minimum Gasteiger partial charge on any atom is -0.352 e. The Morgan fingerprint density at radius 3 is 2.37 bits per heavy atom. The lowest BCUT2D eigenvalue weighted by Crippen LogP contribution is -2.50. The van der Waals surface area contributed by atoms with E-state index in [4.69, 9.17) is 0 Å². The Morgan fingerprint density at radius 1 is 1.05 bits per heavy atom. The van der Waals surface area contributed by atoms with E-state index in [1.165, 1.54) is 0 Å². The Bertz CT molecular complexity index is 354. The number of carbonyl (C=O) groups is 2. The summed E-state index contributed by atoms with van der Waals surface area (Å²) < 4.78 is 0. The zero-order chi connectivity index (χ0) is 13.2. The number of nitrogens with zero attached hydrogens (tertiary/aromatic N) is 1. The van der Waals surface area contributed by atoms with Crippen molar-refractivity contribution in [3.8, 4) is 0 Å². The van der Waals surface area contributed by atoms with Gasteiger partial charge < -0.3 is 15.5 Å². The molecule has 1 aliphatic carbocycles. The zero-order valence-corrected chi connectivity index (χ0v) is 11.4. The Hall–Kier alpha value is -1.10. The van der Waals surface area contributed by atoms with E-state index in [1.807, 2.05) is 4.90 Å². The second-order valence-electron chi connectivity index (χ2n) is 6.03. The summed E-state index contributed by atoms with van der Waals surface area (Å²) in [5.74, 6) is 0.792. The molecule has 5 nitrogen and oxygen atoms in total. The molecule has 1 atom stereocenters. The third-order valence-electron chi connectivity index (χ3n) is 4.46. The van der Waals surface area contributed by atoms with Gasteiger partial charge in [0.1, 0.15) is 0 Å². The van der Waals surface area contributed by atoms with E-state index in [1.54, 1.807) is 0 Å². The van der Waals surface area contributed by atoms with Crippen LogP contribution in [0.3, 0.4) is 0 Å². The fourth-order valence-electron chi connectivity index (χ4n) is 3.04. The normalized spacial score (nSPS) is 28.4. The number of piperidine rings is 1. The van der Waals surface area contributed by atoms with E-state index in [9.17, 15) is 9.59 Å². The van der Waals surface area contributed by atoms with Gasteiger partial charge in [0, 0.05) is 25.0 Å². The van der Waals surface area contributed by atoms with Crippen LogP contribution in [0.2, 0.25) is 0 Å². The quantitative estimate of drug-likeness (QED) is 0.769. The summed E-state index contributed by atoms with van der Waals surface area (Å²) in [6, 6.07) is 0.254. The van der Waals surface area contributed by atoms with Crippen molar-refractivity contribution in [1.82, 2.24) is 15.5 Å². The molecule has 2 aliphatic heterocycles. The summed E-state index contributed by atoms with van der Waals surface area (Å²) in [5, 5.41) is 6.35. The van der Waals surface area contributed by atoms with Crippen molar-refractivity contribution >= 4 is 11.8 Å². The van der Waals surface area contributed by atoms with Crippen LogP contribution in [-0.2, 0) is 9.59 Å². The van der Waals surface area contributed by atoms with Gasteiger partial charge in [0.25, 0.3) is 0 Å². The lowest BCUT2D eigenvalue weighted by molar-refractivity contribution is -0.133. The Balaban J connectivity index is 1.42. The first-order valence-electron chi connectivity index (χ1n) is 7.56. The van der Waals surface area contributed by atoms with Crippen molar-refractivity contribution in [3.63, 3.8) is 0 Å². The lowest BCUT2D eigenvalue weighted by Gasteiger charge is -2.33. The minimum absolute atomic E-state index is 0.00567. The van der Waals surface area contributed by atoms with E-state index in [0.717, 1.165) is 58.2 Å². The molecule has 19 heavy (non-hydrogen) atoms. The lowest BCUT2D eigenvalue weighted by atomic mass is 10.0. The van der Waals surface area contributed by atoms with E-state index in [0.29, 0.717) is 11.8 Å². The largest absolute Gasteiger partial charge is 0.352 e. The van der Waals surface area contributed by atoms with Crippen molar-refractivity contribution in [2.24, 2.45) is 5.92 Å². The van der Waals surface area contributed by atoms with Gasteiger partial charge in [-0.25, -0.2) is 0 Å². The minimum atomic E-state index is 0.00567. The van der Waals surface area contributed by atoms with Gasteiger partial charge in [-0.2, -0.15) is 0 Å². The molecule has 3 aliphatic rings. The van der Waals surface area contributed by atoms with Crippen LogP contribution in [0.4, 0.5) is 0 Å². The number of nitrogens with one attached hydrogen (secondary N) is 2. The van der Waals surface area contributed by atoms with Crippen LogP contribution in [0.25, 0.3) is 0 Å². The highest BCUT2D eigenvalue weighted by Gasteiger charge is 2.35. The highest BCUT2D eigenvalue weighted by atomic mass is 16.2. The number of likely N-dealkylation sites (tertiary alicyclic amines) is 1. The van der Waals surface area contributed by atoms with Gasteiger partial charge in [-0.1, -0.05) is 0 Å². The number of rotatable bonds is 3. The molecule has 2 heterocycles. The van der Waals surface area contributed by atoms with E-state index in [2.05, 4.69) is 10.6 Å². The molecule has 0 spiro atoms. The van der Waals surface area contributed by atoms with Crippen LogP contribution in [-0.4, -0.2) is 48.4 Å². The van der Waals surface area contributed by atoms with Crippen molar-refractivity contribution in [1.29, 1.82) is 0 Å². The molecule has 0 aromatic carbocycles. The topological polar surface area (TPSA) is 61.4 Å². The van der Waals surface area contributed by atoms with Gasteiger partial charge >= 0.3 is 0 Å². The molecular weight excluding hydrogens is 242 g/mol. The molecule has 3 rings (SSSR count). The summed E-state index contributed by atoms with van der Waals surface area (Å²) in [7, 11) is 0. The first kappa shape index (κ1) is 12.9. The van der Waals surface area contributed by atoms with Gasteiger partial charge in [-0.05, 0) is 45.1 Å². The number of hydrogen-bond acceptors (Lipinski definition) is 3. The first-order chi connectivity index (χ1) is 9.24. The van der Waals surface area contributed by atoms with Crippen LogP contribution in [0.5, 0.6) is 0 Å². The molecule has 2 saturated heterocycles. The molecule has 1 saturated carbocycles. The second-order valence-corrected chi connectivity index (χ2v) is 6.03. The molecule has 2 N–H and O–H groups in total. The number of amides is 2. The molecule has 106 valence electrons. The highest BCUT2D eigenvalue weighted by molar-refractivity contribution is 5.82. The third kappa shape index (κ3) is 3.08. The van der Waals surface area contributed by atoms with Gasteiger partial charge in [0.05, 0.1) is 6.04 Å². The summed E-state index contributed by atoms with van der Waals surface area (Å²) in [6.07, 6.45) is 5.98. The average Bonchev–Trinajstić information content (AvgIpc) is 3.13. The maximum atomic E-state index is 12.0. The molecule has 5 heteroatoms. The fourth-order valence-corrected chi connectivity index (χ4v) is 3.04. The summed E-state index contributed by atoms with van der Waals surface area (Å²) >= 11 is 0. The maximum Gasteiger partial charge on any atom is 0.237 e. The number of carbonyl (C=O) groups excluding carboxylic acids is 2. The Kier molecular flexibility index (Phi) is 3.73. The van der Waals surface area contributed by atoms with Gasteiger partial charge in [0.2, 0.25) is 11.8 Å². The van der Waals surface area contributed by atoms with Gasteiger partial charge in [0.15, 0.2) is 0 Å². The van der Waals surface area contributed by atoms with Crippen LogP contribution in [0, 0.1) is 5.92 Å². The standard InChI is InChI=1S/C14H23N3O2/c18-13(12-2-1-7-15-12)16-11-5-8-17(9-6-11)14(19)10-3-4-10/h10-12,15H,1-9H2,(H,16,18)/t12-/m0/s1. The monoisotopic (exact) mass is 265 g/mol. The average molecular weight is 265 g/mol. The van der Waals surface area contributed by atoms with Crippen molar-refractivity contribution in [3.05, 3.63) is 0 Å². The molecule has 0 radical (unpaired) electrons. The molecule has 0 bridgehead atoms. The summed E-state index contributed by atoms with van der Waals surface area (Å²) in [6.45, 7) is 2.56. The first-order valence-corrected chi connectivity index (χ1v) is 7.56. The molecule has 0 unspecified atom stereocenters. The molecule has 2 amide bonds. The van der Waals surface area contributed by atoms with Gasteiger partial charge in [-0.15, -0.1) is 0 Å². The Morgan fingerprint density at radius 2 is 1.79 bits per heavy atom. The van der Waals surface area contributed by atoms with Crippen molar-refractivity contribution in [2.75, 3.05) is 19.6 Å². The van der Waals surface area contributed by atoms with E-state index in [-0.39, 0.29) is 18.0 Å². The van der Waals surface area contributed by atoms with Crippen LogP contribution >= 0.6 is 0 Å². The Labute approximate surface area is 114 Å².